The Balaban J connectivity index is 3.02. The molecule has 0 saturated carbocycles. The maximum atomic E-state index is 3.59. The summed E-state index contributed by atoms with van der Waals surface area (Å²) in [5.41, 5.74) is 0. The van der Waals surface area contributed by atoms with Gasteiger partial charge in [-0.3, -0.25) is 0 Å². The summed E-state index contributed by atoms with van der Waals surface area (Å²) in [4.78, 5) is 0. The monoisotopic (exact) mass is 137 g/mol. The van der Waals surface area contributed by atoms with Crippen LogP contribution in [0.1, 0.15) is 32.6 Å². The second-order valence-corrected chi connectivity index (χ2v) is 2.35. The Morgan fingerprint density at radius 1 is 1.20 bits per heavy atom. The number of rotatable bonds is 5. The van der Waals surface area contributed by atoms with Gasteiger partial charge in [0.25, 0.3) is 0 Å². The van der Waals surface area contributed by atoms with Crippen LogP contribution < -0.4 is 0 Å². The standard InChI is InChI=1S/C10H17/c1-3-5-7-9-10-8-6-4-2/h3,5,7,9H,1,4,6,8,10H2,2H3/b5-3-,9-7?. The predicted molar refractivity (Wildman–Crippen MR) is 47.8 cm³/mol. The molecule has 1 radical (unpaired) electrons. The molecule has 0 amide bonds. The minimum absolute atomic E-state index is 1.21. The summed E-state index contributed by atoms with van der Waals surface area (Å²) in [5.74, 6) is 0. The first-order chi connectivity index (χ1) is 4.91. The summed E-state index contributed by atoms with van der Waals surface area (Å²) in [6, 6.07) is 0. The van der Waals surface area contributed by atoms with Crippen molar-refractivity contribution in [1.29, 1.82) is 0 Å². The van der Waals surface area contributed by atoms with Crippen LogP contribution in [0.5, 0.6) is 0 Å². The Bertz CT molecular complexity index is 98.6. The average molecular weight is 137 g/mol. The second-order valence-electron chi connectivity index (χ2n) is 2.35. The normalized spacial score (nSPS) is 11.8. The minimum atomic E-state index is 1.21. The molecule has 0 aromatic carbocycles. The molecule has 57 valence electrons. The van der Waals surface area contributed by atoms with E-state index in [1.165, 1.54) is 25.7 Å². The second kappa shape index (κ2) is 8.48. The summed E-state index contributed by atoms with van der Waals surface area (Å²) in [7, 11) is 0. The van der Waals surface area contributed by atoms with Crippen LogP contribution in [-0.2, 0) is 0 Å². The van der Waals surface area contributed by atoms with Crippen molar-refractivity contribution < 1.29 is 0 Å². The molecule has 0 aromatic heterocycles. The van der Waals surface area contributed by atoms with Crippen LogP contribution in [0.25, 0.3) is 0 Å². The van der Waals surface area contributed by atoms with E-state index < -0.39 is 0 Å². The van der Waals surface area contributed by atoms with Crippen LogP contribution in [0.3, 0.4) is 0 Å². The number of hydrogen-bond donors (Lipinski definition) is 0. The quantitative estimate of drug-likeness (QED) is 0.402. The molecule has 0 atom stereocenters. The van der Waals surface area contributed by atoms with Crippen molar-refractivity contribution in [3.63, 3.8) is 0 Å². The highest BCUT2D eigenvalue weighted by Gasteiger charge is 1.79. The van der Waals surface area contributed by atoms with Crippen LogP contribution in [-0.4, -0.2) is 0 Å². The van der Waals surface area contributed by atoms with Gasteiger partial charge in [0.2, 0.25) is 0 Å². The van der Waals surface area contributed by atoms with Crippen molar-refractivity contribution in [1.82, 2.24) is 0 Å². The highest BCUT2D eigenvalue weighted by atomic mass is 13.9. The third-order valence-electron chi connectivity index (χ3n) is 1.36. The number of allylic oxidation sites excluding steroid dienone is 4. The van der Waals surface area contributed by atoms with Crippen LogP contribution in [0, 0.1) is 6.92 Å². The topological polar surface area (TPSA) is 0 Å². The highest BCUT2D eigenvalue weighted by molar-refractivity contribution is 5.03. The van der Waals surface area contributed by atoms with Gasteiger partial charge >= 0.3 is 0 Å². The maximum Gasteiger partial charge on any atom is -0.0313 e. The van der Waals surface area contributed by atoms with E-state index in [2.05, 4.69) is 26.0 Å². The fourth-order valence-electron chi connectivity index (χ4n) is 0.766. The lowest BCUT2D eigenvalue weighted by molar-refractivity contribution is 0.729. The third-order valence-corrected chi connectivity index (χ3v) is 1.36. The van der Waals surface area contributed by atoms with Crippen molar-refractivity contribution in [3.8, 4) is 0 Å². The Labute approximate surface area is 64.6 Å². The van der Waals surface area contributed by atoms with Crippen molar-refractivity contribution in [3.05, 3.63) is 31.2 Å². The van der Waals surface area contributed by atoms with Gasteiger partial charge < -0.3 is 0 Å². The number of unbranched alkanes of at least 4 members (excludes halogenated alkanes) is 3. The zero-order valence-corrected chi connectivity index (χ0v) is 6.84. The Morgan fingerprint density at radius 2 is 2.00 bits per heavy atom. The molecule has 0 aliphatic rings. The fourth-order valence-corrected chi connectivity index (χ4v) is 0.766. The molecule has 0 rings (SSSR count). The molecule has 0 spiro atoms. The molecule has 0 N–H and O–H groups in total. The van der Waals surface area contributed by atoms with Gasteiger partial charge in [-0.15, -0.1) is 0 Å². The highest BCUT2D eigenvalue weighted by Crippen LogP contribution is 1.99. The van der Waals surface area contributed by atoms with Gasteiger partial charge in [-0.05, 0) is 19.8 Å². The Kier molecular flexibility index (Phi) is 8.04. The van der Waals surface area contributed by atoms with Crippen LogP contribution in [0.15, 0.2) is 24.3 Å². The molecule has 0 aromatic rings. The van der Waals surface area contributed by atoms with Gasteiger partial charge in [0.15, 0.2) is 0 Å². The molecule has 0 aliphatic carbocycles. The molecule has 0 saturated heterocycles. The lowest BCUT2D eigenvalue weighted by Crippen LogP contribution is -1.69. The molecule has 0 fully saturated rings. The largest absolute Gasteiger partial charge is 0.0845 e. The van der Waals surface area contributed by atoms with Gasteiger partial charge in [0.05, 0.1) is 0 Å². The lowest BCUT2D eigenvalue weighted by atomic mass is 10.2. The summed E-state index contributed by atoms with van der Waals surface area (Å²) < 4.78 is 0. The van der Waals surface area contributed by atoms with E-state index in [4.69, 9.17) is 0 Å². The molecule has 0 heterocycles. The first-order valence-corrected chi connectivity index (χ1v) is 4.02. The summed E-state index contributed by atoms with van der Waals surface area (Å²) in [6.45, 7) is 5.81. The van der Waals surface area contributed by atoms with Crippen molar-refractivity contribution >= 4 is 0 Å². The molecular formula is C10H17. The minimum Gasteiger partial charge on any atom is -0.0845 e. The van der Waals surface area contributed by atoms with Gasteiger partial charge in [-0.2, -0.15) is 0 Å². The Morgan fingerprint density at radius 3 is 2.60 bits per heavy atom. The van der Waals surface area contributed by atoms with Crippen molar-refractivity contribution in [2.24, 2.45) is 0 Å². The predicted octanol–water partition coefficient (Wildman–Crippen LogP) is 3.51. The Hall–Kier alpha value is -0.520. The molecule has 0 aliphatic heterocycles. The van der Waals surface area contributed by atoms with E-state index in [0.717, 1.165) is 0 Å². The van der Waals surface area contributed by atoms with Gasteiger partial charge in [0, 0.05) is 0 Å². The lowest BCUT2D eigenvalue weighted by Gasteiger charge is -1.89. The zero-order valence-electron chi connectivity index (χ0n) is 6.84. The SMILES string of the molecule is [CH2]/C=C\C=CCCCCC. The molecule has 0 unspecified atom stereocenters. The molecule has 0 nitrogen and oxygen atoms in total. The average Bonchev–Trinajstić information content (AvgIpc) is 1.97. The number of hydrogen-bond acceptors (Lipinski definition) is 0. The molecular weight excluding hydrogens is 120 g/mol. The van der Waals surface area contributed by atoms with E-state index in [1.807, 2.05) is 6.08 Å². The first-order valence-electron chi connectivity index (χ1n) is 4.02. The van der Waals surface area contributed by atoms with Crippen molar-refractivity contribution in [2.75, 3.05) is 0 Å². The van der Waals surface area contributed by atoms with E-state index in [9.17, 15) is 0 Å². The molecule has 0 heteroatoms. The van der Waals surface area contributed by atoms with E-state index >= 15 is 0 Å². The maximum absolute atomic E-state index is 3.59. The summed E-state index contributed by atoms with van der Waals surface area (Å²) in [5, 5.41) is 0. The van der Waals surface area contributed by atoms with Crippen LogP contribution >= 0.6 is 0 Å². The first kappa shape index (κ1) is 9.48. The third kappa shape index (κ3) is 7.48. The van der Waals surface area contributed by atoms with E-state index in [0.29, 0.717) is 0 Å². The summed E-state index contributed by atoms with van der Waals surface area (Å²) in [6.07, 6.45) is 13.2. The molecule has 10 heavy (non-hydrogen) atoms. The van der Waals surface area contributed by atoms with Gasteiger partial charge in [-0.25, -0.2) is 0 Å². The van der Waals surface area contributed by atoms with Crippen LogP contribution in [0.4, 0.5) is 0 Å². The van der Waals surface area contributed by atoms with E-state index in [1.54, 1.807) is 6.08 Å². The van der Waals surface area contributed by atoms with Gasteiger partial charge in [0.1, 0.15) is 0 Å². The zero-order chi connectivity index (χ0) is 7.66. The van der Waals surface area contributed by atoms with Gasteiger partial charge in [-0.1, -0.05) is 44.1 Å². The molecule has 0 bridgehead atoms. The fraction of sp³-hybridized carbons (Fsp3) is 0.500. The smallest absolute Gasteiger partial charge is 0.0313 e. The van der Waals surface area contributed by atoms with E-state index in [-0.39, 0.29) is 0 Å². The summed E-state index contributed by atoms with van der Waals surface area (Å²) >= 11 is 0. The van der Waals surface area contributed by atoms with Crippen molar-refractivity contribution in [2.45, 2.75) is 32.6 Å². The van der Waals surface area contributed by atoms with Crippen LogP contribution in [0.2, 0.25) is 0 Å².